The van der Waals surface area contributed by atoms with Crippen molar-refractivity contribution in [2.45, 2.75) is 46.8 Å². The molecule has 0 aliphatic rings. The van der Waals surface area contributed by atoms with Gasteiger partial charge in [-0.15, -0.1) is 0 Å². The SMILES string of the molecule is C/C=C(\C=NC)c1ccccc1C(=O)N(CC)C(C)COc1ccc(C(F)(F)F)cn1.CC. The number of hydrogen-bond acceptors (Lipinski definition) is 4. The number of benzene rings is 1. The Hall–Kier alpha value is -3.16. The van der Waals surface area contributed by atoms with Crippen molar-refractivity contribution in [1.29, 1.82) is 0 Å². The van der Waals surface area contributed by atoms with Gasteiger partial charge in [0, 0.05) is 37.6 Å². The second-order valence-corrected chi connectivity index (χ2v) is 6.81. The summed E-state index contributed by atoms with van der Waals surface area (Å²) in [5.41, 5.74) is 1.30. The van der Waals surface area contributed by atoms with Crippen LogP contribution in [0.3, 0.4) is 0 Å². The number of halogens is 3. The van der Waals surface area contributed by atoms with Crippen LogP contribution in [-0.2, 0) is 6.18 Å². The van der Waals surface area contributed by atoms with Crippen LogP contribution < -0.4 is 4.74 Å². The van der Waals surface area contributed by atoms with Crippen LogP contribution in [0.2, 0.25) is 0 Å². The number of amides is 1. The van der Waals surface area contributed by atoms with Gasteiger partial charge in [-0.3, -0.25) is 9.79 Å². The molecule has 0 radical (unpaired) electrons. The van der Waals surface area contributed by atoms with Gasteiger partial charge in [0.25, 0.3) is 5.91 Å². The van der Waals surface area contributed by atoms with Crippen molar-refractivity contribution < 1.29 is 22.7 Å². The molecule has 0 bridgehead atoms. The number of aliphatic imine (C=N–C) groups is 1. The number of allylic oxidation sites excluding steroid dienone is 2. The highest BCUT2D eigenvalue weighted by Crippen LogP contribution is 2.29. The van der Waals surface area contributed by atoms with Crippen molar-refractivity contribution in [2.24, 2.45) is 4.99 Å². The Morgan fingerprint density at radius 1 is 1.18 bits per heavy atom. The molecule has 1 atom stereocenters. The van der Waals surface area contributed by atoms with Gasteiger partial charge >= 0.3 is 6.18 Å². The Bertz CT molecular complexity index is 939. The predicted octanol–water partition coefficient (Wildman–Crippen LogP) is 6.16. The highest BCUT2D eigenvalue weighted by atomic mass is 19.4. The molecule has 0 aliphatic heterocycles. The molecule has 1 amide bonds. The fraction of sp³-hybridized carbons (Fsp3) is 0.400. The molecule has 1 aromatic heterocycles. The summed E-state index contributed by atoms with van der Waals surface area (Å²) in [5.74, 6) is -0.0995. The lowest BCUT2D eigenvalue weighted by molar-refractivity contribution is -0.137. The molecule has 33 heavy (non-hydrogen) atoms. The third kappa shape index (κ3) is 7.73. The summed E-state index contributed by atoms with van der Waals surface area (Å²) in [7, 11) is 1.67. The van der Waals surface area contributed by atoms with Crippen molar-refractivity contribution in [3.05, 3.63) is 65.4 Å². The molecule has 180 valence electrons. The summed E-state index contributed by atoms with van der Waals surface area (Å²) in [5, 5.41) is 0. The van der Waals surface area contributed by atoms with E-state index in [0.717, 1.165) is 23.4 Å². The number of carbonyl (C=O) groups excluding carboxylic acids is 1. The van der Waals surface area contributed by atoms with Crippen molar-refractivity contribution in [3.63, 3.8) is 0 Å². The third-order valence-corrected chi connectivity index (χ3v) is 4.72. The standard InChI is InChI=1S/C23H26F3N3O2.C2H6/c1-5-17(13-27-4)19-9-7-8-10-20(19)22(30)29(6-2)16(3)15-31-21-12-11-18(14-28-21)23(24,25)26;1-2/h5,7-14,16H,6,15H2,1-4H3;1-2H3/b17-5+,27-13?;. The first-order valence-electron chi connectivity index (χ1n) is 10.9. The van der Waals surface area contributed by atoms with Gasteiger partial charge in [0.05, 0.1) is 11.6 Å². The molecule has 0 saturated carbocycles. The molecule has 1 aromatic carbocycles. The van der Waals surface area contributed by atoms with Crippen molar-refractivity contribution >= 4 is 17.7 Å². The first kappa shape index (κ1) is 27.9. The lowest BCUT2D eigenvalue weighted by atomic mass is 9.98. The molecule has 0 N–H and O–H groups in total. The number of alkyl halides is 3. The molecule has 1 heterocycles. The minimum atomic E-state index is -4.45. The minimum absolute atomic E-state index is 0.0686. The van der Waals surface area contributed by atoms with Gasteiger partial charge in [-0.1, -0.05) is 38.1 Å². The smallest absolute Gasteiger partial charge is 0.417 e. The first-order valence-corrected chi connectivity index (χ1v) is 10.9. The van der Waals surface area contributed by atoms with E-state index >= 15 is 0 Å². The van der Waals surface area contributed by atoms with E-state index in [1.54, 1.807) is 30.3 Å². The van der Waals surface area contributed by atoms with Crippen LogP contribution in [-0.4, -0.2) is 48.2 Å². The Morgan fingerprint density at radius 3 is 2.30 bits per heavy atom. The van der Waals surface area contributed by atoms with E-state index in [4.69, 9.17) is 4.74 Å². The quantitative estimate of drug-likeness (QED) is 0.441. The zero-order chi connectivity index (χ0) is 25.0. The van der Waals surface area contributed by atoms with Crippen LogP contribution in [0.4, 0.5) is 13.2 Å². The number of likely N-dealkylation sites (N-methyl/N-ethyl adjacent to an activating group) is 1. The predicted molar refractivity (Wildman–Crippen MR) is 127 cm³/mol. The third-order valence-electron chi connectivity index (χ3n) is 4.72. The molecule has 8 heteroatoms. The average molecular weight is 464 g/mol. The lowest BCUT2D eigenvalue weighted by Gasteiger charge is -2.29. The van der Waals surface area contributed by atoms with Crippen LogP contribution in [0.5, 0.6) is 5.88 Å². The molecular weight excluding hydrogens is 431 g/mol. The van der Waals surface area contributed by atoms with Crippen LogP contribution in [0.15, 0.2) is 53.7 Å². The van der Waals surface area contributed by atoms with E-state index in [1.165, 1.54) is 6.07 Å². The highest BCUT2D eigenvalue weighted by Gasteiger charge is 2.31. The molecule has 2 rings (SSSR count). The molecule has 0 spiro atoms. The van der Waals surface area contributed by atoms with Gasteiger partial charge in [-0.05, 0) is 44.0 Å². The number of rotatable bonds is 8. The van der Waals surface area contributed by atoms with E-state index < -0.39 is 11.7 Å². The van der Waals surface area contributed by atoms with Gasteiger partial charge < -0.3 is 9.64 Å². The first-order chi connectivity index (χ1) is 15.7. The topological polar surface area (TPSA) is 54.8 Å². The van der Waals surface area contributed by atoms with Crippen molar-refractivity contribution in [3.8, 4) is 5.88 Å². The number of nitrogens with zero attached hydrogens (tertiary/aromatic N) is 3. The lowest BCUT2D eigenvalue weighted by Crippen LogP contribution is -2.42. The largest absolute Gasteiger partial charge is 0.475 e. The van der Waals surface area contributed by atoms with E-state index in [-0.39, 0.29) is 24.4 Å². The summed E-state index contributed by atoms with van der Waals surface area (Å²) in [6.45, 7) is 10.1. The molecular formula is C25H32F3N3O2. The molecule has 0 fully saturated rings. The highest BCUT2D eigenvalue weighted by molar-refractivity contribution is 6.14. The number of carbonyl (C=O) groups is 1. The molecule has 1 unspecified atom stereocenters. The minimum Gasteiger partial charge on any atom is -0.475 e. The van der Waals surface area contributed by atoms with Crippen molar-refractivity contribution in [1.82, 2.24) is 9.88 Å². The fourth-order valence-corrected chi connectivity index (χ4v) is 3.10. The Kier molecular flexibility index (Phi) is 11.3. The zero-order valence-electron chi connectivity index (χ0n) is 20.0. The van der Waals surface area contributed by atoms with Gasteiger partial charge in [-0.25, -0.2) is 4.98 Å². The van der Waals surface area contributed by atoms with Crippen LogP contribution in [0, 0.1) is 0 Å². The van der Waals surface area contributed by atoms with Crippen LogP contribution >= 0.6 is 0 Å². The molecule has 0 aliphatic carbocycles. The van der Waals surface area contributed by atoms with Crippen LogP contribution in [0.25, 0.3) is 5.57 Å². The monoisotopic (exact) mass is 463 g/mol. The van der Waals surface area contributed by atoms with E-state index in [2.05, 4.69) is 9.98 Å². The number of ether oxygens (including phenoxy) is 1. The van der Waals surface area contributed by atoms with Gasteiger partial charge in [-0.2, -0.15) is 13.2 Å². The van der Waals surface area contributed by atoms with Gasteiger partial charge in [0.15, 0.2) is 0 Å². The van der Waals surface area contributed by atoms with Gasteiger partial charge in [0.1, 0.15) is 6.61 Å². The summed E-state index contributed by atoms with van der Waals surface area (Å²) in [6, 6.07) is 9.05. The van der Waals surface area contributed by atoms with Crippen molar-refractivity contribution in [2.75, 3.05) is 20.2 Å². The number of aromatic nitrogens is 1. The summed E-state index contributed by atoms with van der Waals surface area (Å²) in [4.78, 5) is 22.7. The Balaban J connectivity index is 0.00000265. The fourth-order valence-electron chi connectivity index (χ4n) is 3.10. The second kappa shape index (κ2) is 13.4. The van der Waals surface area contributed by atoms with Crippen LogP contribution in [0.1, 0.15) is 56.1 Å². The normalized spacial score (nSPS) is 12.7. The maximum Gasteiger partial charge on any atom is 0.417 e. The summed E-state index contributed by atoms with van der Waals surface area (Å²) < 4.78 is 43.5. The Labute approximate surface area is 194 Å². The van der Waals surface area contributed by atoms with Gasteiger partial charge in [0.2, 0.25) is 5.88 Å². The summed E-state index contributed by atoms with van der Waals surface area (Å²) in [6.07, 6.45) is -0.137. The molecule has 2 aromatic rings. The van der Waals surface area contributed by atoms with E-state index in [9.17, 15) is 18.0 Å². The summed E-state index contributed by atoms with van der Waals surface area (Å²) >= 11 is 0. The number of hydrogen-bond donors (Lipinski definition) is 0. The van der Waals surface area contributed by atoms with E-state index in [1.807, 2.05) is 52.8 Å². The number of pyridine rings is 1. The maximum absolute atomic E-state index is 13.3. The molecule has 0 saturated heterocycles. The second-order valence-electron chi connectivity index (χ2n) is 6.81. The average Bonchev–Trinajstić information content (AvgIpc) is 2.82. The van der Waals surface area contributed by atoms with E-state index in [0.29, 0.717) is 12.1 Å². The zero-order valence-corrected chi connectivity index (χ0v) is 20.0. The Morgan fingerprint density at radius 2 is 1.82 bits per heavy atom. The maximum atomic E-state index is 13.3. The molecule has 5 nitrogen and oxygen atoms in total.